The Morgan fingerprint density at radius 2 is 2.04 bits per heavy atom. The summed E-state index contributed by atoms with van der Waals surface area (Å²) in [5.74, 6) is -1.67. The number of halogens is 2. The lowest BCUT2D eigenvalue weighted by Gasteiger charge is -2.19. The van der Waals surface area contributed by atoms with E-state index in [1.165, 1.54) is 12.1 Å². The Bertz CT molecular complexity index is 877. The number of amides is 2. The van der Waals surface area contributed by atoms with Crippen molar-refractivity contribution in [3.63, 3.8) is 0 Å². The monoisotopic (exact) mass is 394 g/mol. The standard InChI is InChI=1S/C18H16ClFN2O5/c19-12-5-4-10(8-13(12)20)21-17(24)18(25)22-14(6-7-23)11-2-1-3-15-16(11)27-9-26-15/h1-5,8,14,23H,6-7,9H2,(H,21,24)(H,22,25). The van der Waals surface area contributed by atoms with Crippen LogP contribution in [0.1, 0.15) is 18.0 Å². The molecule has 2 amide bonds. The van der Waals surface area contributed by atoms with Crippen molar-refractivity contribution in [2.45, 2.75) is 12.5 Å². The first kappa shape index (κ1) is 18.9. The third kappa shape index (κ3) is 4.29. The number of benzene rings is 2. The predicted molar refractivity (Wildman–Crippen MR) is 95.2 cm³/mol. The van der Waals surface area contributed by atoms with Crippen molar-refractivity contribution in [2.75, 3.05) is 18.7 Å². The summed E-state index contributed by atoms with van der Waals surface area (Å²) < 4.78 is 24.2. The number of aliphatic hydroxyl groups is 1. The molecule has 7 nitrogen and oxygen atoms in total. The van der Waals surface area contributed by atoms with Crippen LogP contribution in [0.15, 0.2) is 36.4 Å². The van der Waals surface area contributed by atoms with Crippen LogP contribution in [0.3, 0.4) is 0 Å². The number of hydrogen-bond acceptors (Lipinski definition) is 5. The number of fused-ring (bicyclic) bond motifs is 1. The van der Waals surface area contributed by atoms with E-state index in [9.17, 15) is 19.1 Å². The maximum atomic E-state index is 13.5. The molecule has 27 heavy (non-hydrogen) atoms. The zero-order chi connectivity index (χ0) is 19.4. The number of para-hydroxylation sites is 1. The van der Waals surface area contributed by atoms with Gasteiger partial charge in [-0.15, -0.1) is 0 Å². The molecular formula is C18H16ClFN2O5. The van der Waals surface area contributed by atoms with Crippen LogP contribution < -0.4 is 20.1 Å². The number of rotatable bonds is 5. The summed E-state index contributed by atoms with van der Waals surface area (Å²) in [4.78, 5) is 24.4. The van der Waals surface area contributed by atoms with Gasteiger partial charge in [0.05, 0.1) is 11.1 Å². The molecule has 0 aromatic heterocycles. The number of nitrogens with one attached hydrogen (secondary N) is 2. The fraction of sp³-hybridized carbons (Fsp3) is 0.222. The Hall–Kier alpha value is -2.84. The zero-order valence-electron chi connectivity index (χ0n) is 14.0. The van der Waals surface area contributed by atoms with Crippen molar-refractivity contribution in [3.8, 4) is 11.5 Å². The van der Waals surface area contributed by atoms with Crippen LogP contribution in [0.4, 0.5) is 10.1 Å². The highest BCUT2D eigenvalue weighted by molar-refractivity contribution is 6.39. The molecule has 9 heteroatoms. The lowest BCUT2D eigenvalue weighted by atomic mass is 10.0. The Morgan fingerprint density at radius 1 is 1.22 bits per heavy atom. The summed E-state index contributed by atoms with van der Waals surface area (Å²) >= 11 is 5.58. The van der Waals surface area contributed by atoms with E-state index in [-0.39, 0.29) is 30.5 Å². The van der Waals surface area contributed by atoms with Crippen molar-refractivity contribution >= 4 is 29.1 Å². The first-order valence-corrected chi connectivity index (χ1v) is 8.43. The Balaban J connectivity index is 1.72. The van der Waals surface area contributed by atoms with Crippen molar-refractivity contribution < 1.29 is 28.6 Å². The summed E-state index contributed by atoms with van der Waals surface area (Å²) in [5, 5.41) is 14.1. The molecule has 0 bridgehead atoms. The average Bonchev–Trinajstić information content (AvgIpc) is 3.13. The molecule has 0 saturated carbocycles. The van der Waals surface area contributed by atoms with Crippen LogP contribution in [0, 0.1) is 5.82 Å². The van der Waals surface area contributed by atoms with Crippen molar-refractivity contribution in [1.29, 1.82) is 0 Å². The molecule has 2 aromatic rings. The van der Waals surface area contributed by atoms with Gasteiger partial charge in [-0.1, -0.05) is 23.7 Å². The maximum Gasteiger partial charge on any atom is 0.313 e. The van der Waals surface area contributed by atoms with Crippen molar-refractivity contribution in [1.82, 2.24) is 5.32 Å². The fourth-order valence-corrected chi connectivity index (χ4v) is 2.76. The molecule has 1 atom stereocenters. The summed E-state index contributed by atoms with van der Waals surface area (Å²) in [6.45, 7) is -0.172. The summed E-state index contributed by atoms with van der Waals surface area (Å²) in [7, 11) is 0. The first-order chi connectivity index (χ1) is 13.0. The second kappa shape index (κ2) is 8.24. The minimum atomic E-state index is -0.982. The normalized spacial score (nSPS) is 13.1. The maximum absolute atomic E-state index is 13.5. The molecule has 0 radical (unpaired) electrons. The molecule has 1 aliphatic rings. The van der Waals surface area contributed by atoms with Gasteiger partial charge in [-0.05, 0) is 30.7 Å². The van der Waals surface area contributed by atoms with Gasteiger partial charge in [-0.2, -0.15) is 0 Å². The van der Waals surface area contributed by atoms with E-state index in [1.807, 2.05) is 0 Å². The molecule has 0 saturated heterocycles. The lowest BCUT2D eigenvalue weighted by Crippen LogP contribution is -2.38. The second-order valence-corrected chi connectivity index (χ2v) is 6.11. The van der Waals surface area contributed by atoms with E-state index in [0.717, 1.165) is 6.07 Å². The predicted octanol–water partition coefficient (Wildman–Crippen LogP) is 2.39. The Morgan fingerprint density at radius 3 is 2.78 bits per heavy atom. The molecule has 0 spiro atoms. The molecule has 1 unspecified atom stereocenters. The van der Waals surface area contributed by atoms with E-state index in [0.29, 0.717) is 17.1 Å². The first-order valence-electron chi connectivity index (χ1n) is 8.06. The average molecular weight is 395 g/mol. The Kier molecular flexibility index (Phi) is 5.78. The summed E-state index contributed by atoms with van der Waals surface area (Å²) in [6, 6.07) is 8.11. The van der Waals surface area contributed by atoms with Gasteiger partial charge < -0.3 is 25.2 Å². The van der Waals surface area contributed by atoms with Gasteiger partial charge in [0.2, 0.25) is 6.79 Å². The van der Waals surface area contributed by atoms with Crippen LogP contribution in [-0.4, -0.2) is 30.3 Å². The minimum Gasteiger partial charge on any atom is -0.454 e. The number of hydrogen-bond donors (Lipinski definition) is 3. The highest BCUT2D eigenvalue weighted by Crippen LogP contribution is 2.39. The largest absolute Gasteiger partial charge is 0.454 e. The summed E-state index contributed by atoms with van der Waals surface area (Å²) in [5.41, 5.74) is 0.672. The Labute approximate surface area is 159 Å². The van der Waals surface area contributed by atoms with Crippen molar-refractivity contribution in [3.05, 3.63) is 52.8 Å². The molecule has 3 N–H and O–H groups in total. The number of carbonyl (C=O) groups is 2. The topological polar surface area (TPSA) is 96.9 Å². The van der Waals surface area contributed by atoms with Gasteiger partial charge in [0.15, 0.2) is 11.5 Å². The van der Waals surface area contributed by atoms with E-state index in [1.54, 1.807) is 18.2 Å². The van der Waals surface area contributed by atoms with Crippen LogP contribution >= 0.6 is 11.6 Å². The highest BCUT2D eigenvalue weighted by atomic mass is 35.5. The molecule has 3 rings (SSSR count). The van der Waals surface area contributed by atoms with Gasteiger partial charge in [0, 0.05) is 17.9 Å². The smallest absolute Gasteiger partial charge is 0.313 e. The van der Waals surface area contributed by atoms with Gasteiger partial charge in [0.1, 0.15) is 5.82 Å². The third-order valence-electron chi connectivity index (χ3n) is 3.91. The van der Waals surface area contributed by atoms with Crippen molar-refractivity contribution in [2.24, 2.45) is 0 Å². The van der Waals surface area contributed by atoms with Gasteiger partial charge in [-0.25, -0.2) is 4.39 Å². The number of carbonyl (C=O) groups excluding carboxylic acids is 2. The number of anilines is 1. The quantitative estimate of drug-likeness (QED) is 0.676. The molecule has 142 valence electrons. The molecule has 0 fully saturated rings. The highest BCUT2D eigenvalue weighted by Gasteiger charge is 2.26. The minimum absolute atomic E-state index is 0.0504. The molecule has 1 heterocycles. The lowest BCUT2D eigenvalue weighted by molar-refractivity contribution is -0.136. The van der Waals surface area contributed by atoms with E-state index in [4.69, 9.17) is 21.1 Å². The fourth-order valence-electron chi connectivity index (χ4n) is 2.65. The van der Waals surface area contributed by atoms with E-state index < -0.39 is 23.7 Å². The van der Waals surface area contributed by atoms with Gasteiger partial charge in [0.25, 0.3) is 0 Å². The zero-order valence-corrected chi connectivity index (χ0v) is 14.8. The van der Waals surface area contributed by atoms with Crippen LogP contribution in [0.5, 0.6) is 11.5 Å². The molecule has 2 aromatic carbocycles. The number of aliphatic hydroxyl groups excluding tert-OH is 1. The molecule has 0 aliphatic carbocycles. The van der Waals surface area contributed by atoms with Gasteiger partial charge >= 0.3 is 11.8 Å². The molecular weight excluding hydrogens is 379 g/mol. The second-order valence-electron chi connectivity index (χ2n) is 5.70. The van der Waals surface area contributed by atoms with Gasteiger partial charge in [-0.3, -0.25) is 9.59 Å². The number of ether oxygens (including phenoxy) is 2. The van der Waals surface area contributed by atoms with E-state index >= 15 is 0 Å². The van der Waals surface area contributed by atoms with Crippen LogP contribution in [-0.2, 0) is 9.59 Å². The van der Waals surface area contributed by atoms with E-state index in [2.05, 4.69) is 10.6 Å². The summed E-state index contributed by atoms with van der Waals surface area (Å²) in [6.07, 6.45) is 0.161. The third-order valence-corrected chi connectivity index (χ3v) is 4.22. The van der Waals surface area contributed by atoms with Crippen LogP contribution in [0.25, 0.3) is 0 Å². The SMILES string of the molecule is O=C(Nc1ccc(Cl)c(F)c1)C(=O)NC(CCO)c1cccc2c1OCO2. The van der Waals surface area contributed by atoms with Crippen LogP contribution in [0.2, 0.25) is 5.02 Å². The molecule has 1 aliphatic heterocycles.